The largest absolute Gasteiger partial charge is 0.481 e. The van der Waals surface area contributed by atoms with Gasteiger partial charge in [-0.1, -0.05) is 17.7 Å². The number of halogens is 1. The zero-order valence-corrected chi connectivity index (χ0v) is 19.4. The van der Waals surface area contributed by atoms with Crippen LogP contribution in [-0.2, 0) is 5.54 Å². The number of nitrogens with zero attached hydrogens (tertiary/aromatic N) is 5. The number of alkyl halides is 1. The molecule has 11 heteroatoms. The zero-order valence-electron chi connectivity index (χ0n) is 18.6. The molecule has 4 heterocycles. The van der Waals surface area contributed by atoms with Gasteiger partial charge in [0.05, 0.1) is 41.0 Å². The number of methoxy groups -OCH3 is 1. The van der Waals surface area contributed by atoms with Crippen molar-refractivity contribution < 1.29 is 13.9 Å². The third-order valence-corrected chi connectivity index (χ3v) is 7.47. The second-order valence-electron chi connectivity index (χ2n) is 8.31. The van der Waals surface area contributed by atoms with Crippen molar-refractivity contribution in [1.82, 2.24) is 19.9 Å². The minimum atomic E-state index is -0.771. The highest BCUT2D eigenvalue weighted by Gasteiger charge is 2.67. The Morgan fingerprint density at radius 3 is 2.91 bits per heavy atom. The lowest BCUT2D eigenvalue weighted by Gasteiger charge is -2.33. The Hall–Kier alpha value is -3.65. The maximum absolute atomic E-state index is 13.9. The van der Waals surface area contributed by atoms with Crippen molar-refractivity contribution in [3.05, 3.63) is 36.4 Å². The molecule has 0 bridgehead atoms. The number of rotatable bonds is 7. The van der Waals surface area contributed by atoms with Crippen molar-refractivity contribution in [3.8, 4) is 24.0 Å². The van der Waals surface area contributed by atoms with E-state index in [2.05, 4.69) is 31.2 Å². The van der Waals surface area contributed by atoms with E-state index < -0.39 is 17.0 Å². The molecule has 0 amide bonds. The Balaban J connectivity index is 1.51. The van der Waals surface area contributed by atoms with Crippen LogP contribution in [0.15, 0.2) is 35.8 Å². The van der Waals surface area contributed by atoms with E-state index in [1.807, 2.05) is 13.0 Å². The summed E-state index contributed by atoms with van der Waals surface area (Å²) in [5.41, 5.74) is 7.84. The van der Waals surface area contributed by atoms with Crippen molar-refractivity contribution in [1.29, 1.82) is 0 Å². The Bertz CT molecular complexity index is 1350. The standard InChI is InChI=1S/C23H22FN7O2S/c1-4-5-33-14-7-16-18(26-10-14)19(29-12-28-16)30-13-6-15(20(32-3)27-9-13)22(2)17-8-23(17,11-24)34-21(25)31-22/h1,6-7,9-10,12,17H,5,8,11H2,2-3H3,(H2,25,31)(H,28,29,30)/t17-,22+,23+/m0/s1. The number of pyridine rings is 2. The van der Waals surface area contributed by atoms with Crippen molar-refractivity contribution >= 4 is 39.5 Å². The molecule has 0 spiro atoms. The van der Waals surface area contributed by atoms with E-state index in [1.54, 1.807) is 25.6 Å². The predicted octanol–water partition coefficient (Wildman–Crippen LogP) is 3.19. The molecule has 9 nitrogen and oxygen atoms in total. The van der Waals surface area contributed by atoms with Crippen molar-refractivity contribution in [2.45, 2.75) is 23.6 Å². The first-order chi connectivity index (χ1) is 16.4. The molecule has 1 aliphatic heterocycles. The fourth-order valence-corrected chi connectivity index (χ4v) is 5.80. The monoisotopic (exact) mass is 479 g/mol. The van der Waals surface area contributed by atoms with Gasteiger partial charge in [-0.25, -0.2) is 24.3 Å². The fourth-order valence-electron chi connectivity index (χ4n) is 4.47. The van der Waals surface area contributed by atoms with E-state index in [1.165, 1.54) is 18.1 Å². The van der Waals surface area contributed by atoms with Gasteiger partial charge in [0.15, 0.2) is 11.0 Å². The van der Waals surface area contributed by atoms with Gasteiger partial charge in [-0.3, -0.25) is 4.99 Å². The summed E-state index contributed by atoms with van der Waals surface area (Å²) < 4.78 is 24.3. The molecule has 3 N–H and O–H groups in total. The van der Waals surface area contributed by atoms with E-state index in [0.29, 0.717) is 45.8 Å². The maximum atomic E-state index is 13.9. The minimum absolute atomic E-state index is 0.0174. The number of thioether (sulfide) groups is 1. The number of nitrogens with one attached hydrogen (secondary N) is 1. The van der Waals surface area contributed by atoms with Gasteiger partial charge >= 0.3 is 0 Å². The highest BCUT2D eigenvalue weighted by Crippen LogP contribution is 2.66. The van der Waals surface area contributed by atoms with Gasteiger partial charge in [-0.15, -0.1) is 6.42 Å². The second-order valence-corrected chi connectivity index (χ2v) is 9.75. The Morgan fingerprint density at radius 2 is 2.15 bits per heavy atom. The molecule has 0 unspecified atom stereocenters. The molecule has 0 radical (unpaired) electrons. The molecule has 174 valence electrons. The first kappa shape index (κ1) is 22.2. The summed E-state index contributed by atoms with van der Waals surface area (Å²) in [5.74, 6) is 3.82. The van der Waals surface area contributed by atoms with Crippen LogP contribution < -0.4 is 20.5 Å². The van der Waals surface area contributed by atoms with E-state index in [-0.39, 0.29) is 12.5 Å². The predicted molar refractivity (Wildman–Crippen MR) is 129 cm³/mol. The van der Waals surface area contributed by atoms with Gasteiger partial charge in [0.1, 0.15) is 30.9 Å². The summed E-state index contributed by atoms with van der Waals surface area (Å²) >= 11 is 1.32. The SMILES string of the molecule is C#CCOc1cnc2c(Nc3cnc(OC)c([C@@]4(C)N=C(N)S[C@@]5(CF)C[C@H]54)c3)ncnc2c1. The van der Waals surface area contributed by atoms with Crippen LogP contribution in [0.4, 0.5) is 15.9 Å². The summed E-state index contributed by atoms with van der Waals surface area (Å²) in [7, 11) is 1.55. The van der Waals surface area contributed by atoms with Gasteiger partial charge in [-0.05, 0) is 19.4 Å². The van der Waals surface area contributed by atoms with Gasteiger partial charge < -0.3 is 20.5 Å². The van der Waals surface area contributed by atoms with Gasteiger partial charge in [0, 0.05) is 17.5 Å². The zero-order chi connectivity index (χ0) is 23.9. The molecule has 3 aromatic heterocycles. The summed E-state index contributed by atoms with van der Waals surface area (Å²) in [6.07, 6.45) is 10.6. The molecule has 0 saturated heterocycles. The molecule has 0 aromatic carbocycles. The van der Waals surface area contributed by atoms with Crippen LogP contribution in [0.1, 0.15) is 18.9 Å². The topological polar surface area (TPSA) is 120 Å². The van der Waals surface area contributed by atoms with Crippen LogP contribution in [0.5, 0.6) is 11.6 Å². The van der Waals surface area contributed by atoms with Crippen LogP contribution in [0.2, 0.25) is 0 Å². The summed E-state index contributed by atoms with van der Waals surface area (Å²) in [5, 5.41) is 3.62. The molecule has 3 atom stereocenters. The molecule has 1 fully saturated rings. The Labute approximate surface area is 199 Å². The van der Waals surface area contributed by atoms with Gasteiger partial charge in [0.25, 0.3) is 0 Å². The van der Waals surface area contributed by atoms with Crippen molar-refractivity contribution in [3.63, 3.8) is 0 Å². The molecular weight excluding hydrogens is 457 g/mol. The lowest BCUT2D eigenvalue weighted by atomic mass is 9.86. The highest BCUT2D eigenvalue weighted by atomic mass is 32.2. The molecule has 1 aliphatic carbocycles. The molecule has 5 rings (SSSR count). The molecule has 3 aromatic rings. The lowest BCUT2D eigenvalue weighted by Crippen LogP contribution is -2.36. The third kappa shape index (κ3) is 3.64. The Kier molecular flexibility index (Phi) is 5.40. The number of amidine groups is 1. The fraction of sp³-hybridized carbons (Fsp3) is 0.348. The number of nitrogens with two attached hydrogens (primary N) is 1. The quantitative estimate of drug-likeness (QED) is 0.492. The number of hydrogen-bond acceptors (Lipinski definition) is 10. The van der Waals surface area contributed by atoms with E-state index >= 15 is 0 Å². The van der Waals surface area contributed by atoms with Gasteiger partial charge in [-0.2, -0.15) is 0 Å². The van der Waals surface area contributed by atoms with Crippen molar-refractivity contribution in [2.24, 2.45) is 16.6 Å². The van der Waals surface area contributed by atoms with Crippen LogP contribution in [0, 0.1) is 18.3 Å². The number of terminal acetylenes is 1. The number of hydrogen-bond donors (Lipinski definition) is 2. The number of anilines is 2. The van der Waals surface area contributed by atoms with Crippen LogP contribution in [-0.4, -0.2) is 50.2 Å². The van der Waals surface area contributed by atoms with Crippen LogP contribution in [0.3, 0.4) is 0 Å². The molecule has 1 saturated carbocycles. The normalized spacial score (nSPS) is 25.1. The highest BCUT2D eigenvalue weighted by molar-refractivity contribution is 8.15. The van der Waals surface area contributed by atoms with Crippen molar-refractivity contribution in [2.75, 3.05) is 25.7 Å². The average molecular weight is 480 g/mol. The average Bonchev–Trinajstić information content (AvgIpc) is 3.58. The number of ether oxygens (including phenoxy) is 2. The number of aromatic nitrogens is 4. The van der Waals surface area contributed by atoms with Crippen LogP contribution in [0.25, 0.3) is 11.0 Å². The maximum Gasteiger partial charge on any atom is 0.218 e. The second kappa shape index (κ2) is 8.29. The van der Waals surface area contributed by atoms with E-state index in [4.69, 9.17) is 26.6 Å². The lowest BCUT2D eigenvalue weighted by molar-refractivity contribution is 0.340. The smallest absolute Gasteiger partial charge is 0.218 e. The first-order valence-electron chi connectivity index (χ1n) is 10.5. The minimum Gasteiger partial charge on any atom is -0.481 e. The number of fused-ring (bicyclic) bond motifs is 2. The van der Waals surface area contributed by atoms with E-state index in [0.717, 1.165) is 5.56 Å². The first-order valence-corrected chi connectivity index (χ1v) is 11.3. The third-order valence-electron chi connectivity index (χ3n) is 6.20. The van der Waals surface area contributed by atoms with Crippen LogP contribution >= 0.6 is 11.8 Å². The summed E-state index contributed by atoms with van der Waals surface area (Å²) in [6.45, 7) is 1.62. The number of aliphatic imine (C=N–C) groups is 1. The molecule has 2 aliphatic rings. The molecular formula is C23H22FN7O2S. The van der Waals surface area contributed by atoms with E-state index in [9.17, 15) is 4.39 Å². The summed E-state index contributed by atoms with van der Waals surface area (Å²) in [6, 6.07) is 3.63. The molecule has 34 heavy (non-hydrogen) atoms. The summed E-state index contributed by atoms with van der Waals surface area (Å²) in [4.78, 5) is 22.2. The Morgan fingerprint density at radius 1 is 1.29 bits per heavy atom. The van der Waals surface area contributed by atoms with Gasteiger partial charge in [0.2, 0.25) is 5.88 Å².